The third-order valence-corrected chi connectivity index (χ3v) is 10.4. The van der Waals surface area contributed by atoms with Crippen molar-refractivity contribution in [2.75, 3.05) is 0 Å². The summed E-state index contributed by atoms with van der Waals surface area (Å²) in [5.41, 5.74) is 13.9. The second-order valence-electron chi connectivity index (χ2n) is 12.9. The molecule has 0 saturated carbocycles. The molecule has 4 atom stereocenters. The number of aliphatic hydroxyl groups is 1. The van der Waals surface area contributed by atoms with Gasteiger partial charge in [-0.1, -0.05) is 140 Å². The van der Waals surface area contributed by atoms with E-state index < -0.39 is 6.10 Å². The Labute approximate surface area is 270 Å². The maximum atomic E-state index is 11.7. The summed E-state index contributed by atoms with van der Waals surface area (Å²) in [6.07, 6.45) is 11.1. The molecule has 0 fully saturated rings. The van der Waals surface area contributed by atoms with E-state index in [4.69, 9.17) is 0 Å². The summed E-state index contributed by atoms with van der Waals surface area (Å²) in [7, 11) is 0. The number of nitrogens with zero attached hydrogens (tertiary/aromatic N) is 1. The Hall–Kier alpha value is -5.18. The van der Waals surface area contributed by atoms with Crippen LogP contribution in [0.5, 0.6) is 0 Å². The van der Waals surface area contributed by atoms with E-state index in [1.54, 1.807) is 0 Å². The highest BCUT2D eigenvalue weighted by atomic mass is 16.3. The van der Waals surface area contributed by atoms with Gasteiger partial charge >= 0.3 is 0 Å². The second kappa shape index (κ2) is 11.0. The molecule has 1 aromatic heterocycles. The van der Waals surface area contributed by atoms with Gasteiger partial charge in [-0.25, -0.2) is 0 Å². The summed E-state index contributed by atoms with van der Waals surface area (Å²) >= 11 is 0. The monoisotopic (exact) mass is 593 g/mol. The van der Waals surface area contributed by atoms with Crippen molar-refractivity contribution in [1.29, 1.82) is 0 Å². The first-order valence-corrected chi connectivity index (χ1v) is 16.4. The standard InChI is InChI=1S/C44H35NO/c46-44(31-13-5-2-6-14-31)43(30-11-3-1-4-12-30)35-22-20-29-19-21-32(25-36(29)26-35)33-23-24-38-39(27-33)37-16-8-10-18-41(37)45-40-17-9-7-15-34(40)28-42(38)45/h1-18,20,22-28,38-39,43-44,46H,19,21H2. The van der Waals surface area contributed by atoms with Crippen LogP contribution in [0.15, 0.2) is 163 Å². The SMILES string of the molecule is OC(c1ccccc1)C(c1ccccc1)c1ccc2c(c1)C=C(C1=CC3c4ccccc4-n4c(cc5ccccc54)C3C=C1)CC2. The summed E-state index contributed by atoms with van der Waals surface area (Å²) in [6, 6.07) is 47.4. The molecule has 1 N–H and O–H groups in total. The van der Waals surface area contributed by atoms with E-state index in [2.05, 4.69) is 126 Å². The minimum atomic E-state index is -0.642. The quantitative estimate of drug-likeness (QED) is 0.211. The van der Waals surface area contributed by atoms with Crippen LogP contribution in [0.3, 0.4) is 0 Å². The van der Waals surface area contributed by atoms with Crippen LogP contribution in [0, 0.1) is 0 Å². The first kappa shape index (κ1) is 27.2. The molecule has 3 aliphatic rings. The van der Waals surface area contributed by atoms with E-state index in [9.17, 15) is 5.11 Å². The van der Waals surface area contributed by atoms with Crippen molar-refractivity contribution in [3.8, 4) is 5.69 Å². The molecule has 2 heterocycles. The lowest BCUT2D eigenvalue weighted by Gasteiger charge is -2.35. The molecule has 6 aromatic rings. The van der Waals surface area contributed by atoms with Crippen LogP contribution in [0.1, 0.15) is 69.4 Å². The molecule has 2 heteroatoms. The Morgan fingerprint density at radius 2 is 1.39 bits per heavy atom. The fourth-order valence-corrected chi connectivity index (χ4v) is 8.11. The van der Waals surface area contributed by atoms with E-state index in [1.165, 1.54) is 50.1 Å². The number of aromatic nitrogens is 1. The molecule has 46 heavy (non-hydrogen) atoms. The third kappa shape index (κ3) is 4.44. The van der Waals surface area contributed by atoms with Gasteiger partial charge in [-0.3, -0.25) is 0 Å². The van der Waals surface area contributed by atoms with Crippen molar-refractivity contribution in [2.45, 2.75) is 36.7 Å². The Balaban J connectivity index is 1.10. The number of hydrogen-bond donors (Lipinski definition) is 1. The fraction of sp³-hybridized carbons (Fsp3) is 0.136. The molecule has 9 rings (SSSR count). The first-order valence-electron chi connectivity index (χ1n) is 16.4. The average Bonchev–Trinajstić information content (AvgIpc) is 3.52. The van der Waals surface area contributed by atoms with Crippen LogP contribution >= 0.6 is 0 Å². The lowest BCUT2D eigenvalue weighted by molar-refractivity contribution is 0.159. The first-order chi connectivity index (χ1) is 22.7. The molecule has 0 spiro atoms. The maximum Gasteiger partial charge on any atom is 0.0899 e. The molecule has 0 amide bonds. The molecular weight excluding hydrogens is 558 g/mol. The molecule has 0 radical (unpaired) electrons. The minimum Gasteiger partial charge on any atom is -0.387 e. The predicted octanol–water partition coefficient (Wildman–Crippen LogP) is 10.2. The number of hydrogen-bond acceptors (Lipinski definition) is 1. The fourth-order valence-electron chi connectivity index (χ4n) is 8.11. The molecule has 2 aliphatic carbocycles. The minimum absolute atomic E-state index is 0.160. The molecule has 0 saturated heterocycles. The zero-order chi connectivity index (χ0) is 30.6. The van der Waals surface area contributed by atoms with Gasteiger partial charge < -0.3 is 9.67 Å². The smallest absolute Gasteiger partial charge is 0.0899 e. The Morgan fingerprint density at radius 1 is 0.652 bits per heavy atom. The number of fused-ring (bicyclic) bond motifs is 9. The van der Waals surface area contributed by atoms with Crippen LogP contribution in [0.2, 0.25) is 0 Å². The van der Waals surface area contributed by atoms with Crippen molar-refractivity contribution in [1.82, 2.24) is 4.57 Å². The number of aliphatic hydroxyl groups excluding tert-OH is 1. The highest BCUT2D eigenvalue weighted by Crippen LogP contribution is 2.49. The van der Waals surface area contributed by atoms with E-state index in [0.717, 1.165) is 29.5 Å². The lowest BCUT2D eigenvalue weighted by atomic mass is 9.74. The Morgan fingerprint density at radius 3 is 2.24 bits per heavy atom. The van der Waals surface area contributed by atoms with Crippen LogP contribution in [0.4, 0.5) is 0 Å². The van der Waals surface area contributed by atoms with Gasteiger partial charge in [-0.2, -0.15) is 0 Å². The van der Waals surface area contributed by atoms with Gasteiger partial charge in [-0.05, 0) is 75.6 Å². The van der Waals surface area contributed by atoms with Gasteiger partial charge in [0.2, 0.25) is 0 Å². The number of para-hydroxylation sites is 2. The van der Waals surface area contributed by atoms with Crippen LogP contribution in [0.25, 0.3) is 22.7 Å². The summed E-state index contributed by atoms with van der Waals surface area (Å²) in [4.78, 5) is 0. The maximum absolute atomic E-state index is 11.7. The van der Waals surface area contributed by atoms with Gasteiger partial charge in [0.1, 0.15) is 0 Å². The van der Waals surface area contributed by atoms with Crippen molar-refractivity contribution in [2.24, 2.45) is 0 Å². The molecule has 0 bridgehead atoms. The zero-order valence-electron chi connectivity index (χ0n) is 25.6. The molecule has 222 valence electrons. The molecule has 1 aliphatic heterocycles. The van der Waals surface area contributed by atoms with Gasteiger partial charge in [0.05, 0.1) is 11.6 Å². The predicted molar refractivity (Wildman–Crippen MR) is 188 cm³/mol. The lowest BCUT2D eigenvalue weighted by Crippen LogP contribution is -2.22. The van der Waals surface area contributed by atoms with Gasteiger partial charge in [0.25, 0.3) is 0 Å². The van der Waals surface area contributed by atoms with Crippen LogP contribution < -0.4 is 0 Å². The summed E-state index contributed by atoms with van der Waals surface area (Å²) in [5, 5.41) is 13.0. The Kier molecular flexibility index (Phi) is 6.50. The van der Waals surface area contributed by atoms with E-state index >= 15 is 0 Å². The van der Waals surface area contributed by atoms with E-state index in [-0.39, 0.29) is 5.92 Å². The van der Waals surface area contributed by atoms with Crippen LogP contribution in [-0.4, -0.2) is 9.67 Å². The highest BCUT2D eigenvalue weighted by Gasteiger charge is 2.35. The number of aryl methyl sites for hydroxylation is 1. The number of benzene rings is 5. The molecular formula is C44H35NO. The van der Waals surface area contributed by atoms with Crippen molar-refractivity contribution < 1.29 is 5.11 Å². The normalized spacial score (nSPS) is 19.2. The van der Waals surface area contributed by atoms with Gasteiger partial charge in [0.15, 0.2) is 0 Å². The average molecular weight is 594 g/mol. The van der Waals surface area contributed by atoms with Crippen LogP contribution in [-0.2, 0) is 6.42 Å². The van der Waals surface area contributed by atoms with Crippen molar-refractivity contribution in [3.05, 3.63) is 202 Å². The van der Waals surface area contributed by atoms with Crippen molar-refractivity contribution in [3.63, 3.8) is 0 Å². The third-order valence-electron chi connectivity index (χ3n) is 10.4. The molecule has 4 unspecified atom stereocenters. The summed E-state index contributed by atoms with van der Waals surface area (Å²) in [6.45, 7) is 0. The van der Waals surface area contributed by atoms with E-state index in [1.807, 2.05) is 36.4 Å². The zero-order valence-corrected chi connectivity index (χ0v) is 25.6. The highest BCUT2D eigenvalue weighted by molar-refractivity contribution is 5.85. The van der Waals surface area contributed by atoms with Crippen molar-refractivity contribution >= 4 is 17.0 Å². The Bertz CT molecular complexity index is 2180. The number of allylic oxidation sites excluding steroid dienone is 5. The molecule has 2 nitrogen and oxygen atoms in total. The second-order valence-corrected chi connectivity index (χ2v) is 12.9. The summed E-state index contributed by atoms with van der Waals surface area (Å²) in [5.74, 6) is 0.443. The summed E-state index contributed by atoms with van der Waals surface area (Å²) < 4.78 is 2.47. The number of rotatable bonds is 5. The largest absolute Gasteiger partial charge is 0.387 e. The van der Waals surface area contributed by atoms with Gasteiger partial charge in [-0.15, -0.1) is 0 Å². The van der Waals surface area contributed by atoms with E-state index in [0.29, 0.717) is 11.8 Å². The van der Waals surface area contributed by atoms with Gasteiger partial charge in [0, 0.05) is 34.5 Å². The molecule has 5 aromatic carbocycles. The topological polar surface area (TPSA) is 25.2 Å².